The van der Waals surface area contributed by atoms with Crippen molar-refractivity contribution in [3.05, 3.63) is 34.3 Å². The van der Waals surface area contributed by atoms with E-state index in [2.05, 4.69) is 15.9 Å². The number of benzene rings is 1. The van der Waals surface area contributed by atoms with Crippen LogP contribution in [-0.2, 0) is 6.42 Å². The largest absolute Gasteiger partial charge is 0.424 e. The summed E-state index contributed by atoms with van der Waals surface area (Å²) in [6, 6.07) is 5.98. The minimum absolute atomic E-state index is 0.258. The molecule has 0 spiro atoms. The van der Waals surface area contributed by atoms with Crippen LogP contribution in [-0.4, -0.2) is 18.4 Å². The second-order valence-electron chi connectivity index (χ2n) is 3.47. The Morgan fingerprint density at radius 2 is 1.56 bits per heavy atom. The van der Waals surface area contributed by atoms with E-state index in [0.29, 0.717) is 0 Å². The van der Waals surface area contributed by atoms with Crippen LogP contribution in [0.3, 0.4) is 0 Å². The van der Waals surface area contributed by atoms with Gasteiger partial charge in [0.1, 0.15) is 0 Å². The van der Waals surface area contributed by atoms with E-state index in [1.165, 1.54) is 12.1 Å². The van der Waals surface area contributed by atoms with Crippen molar-refractivity contribution < 1.29 is 17.6 Å². The Morgan fingerprint density at radius 1 is 1.06 bits per heavy atom. The van der Waals surface area contributed by atoms with Gasteiger partial charge in [0, 0.05) is 17.4 Å². The first-order valence-electron chi connectivity index (χ1n) is 4.49. The second-order valence-corrected chi connectivity index (χ2v) is 4.39. The van der Waals surface area contributed by atoms with Crippen LogP contribution in [0.5, 0.6) is 0 Å². The number of hydrogen-bond acceptors (Lipinski definition) is 1. The molecule has 0 aliphatic rings. The van der Waals surface area contributed by atoms with Crippen LogP contribution in [0.15, 0.2) is 28.7 Å². The SMILES string of the molecule is NCC(F)(Cc1ccc(Br)cc1)C(F)(F)F. The maximum Gasteiger partial charge on any atom is 0.424 e. The molecule has 0 fully saturated rings. The Bertz CT molecular complexity index is 349. The molecule has 0 aromatic heterocycles. The van der Waals surface area contributed by atoms with Gasteiger partial charge in [0.15, 0.2) is 0 Å². The number of rotatable bonds is 3. The van der Waals surface area contributed by atoms with Gasteiger partial charge in [-0.1, -0.05) is 28.1 Å². The molecule has 0 saturated carbocycles. The zero-order chi connectivity index (χ0) is 12.4. The highest BCUT2D eigenvalue weighted by molar-refractivity contribution is 9.10. The average Bonchev–Trinajstić information content (AvgIpc) is 2.19. The predicted molar refractivity (Wildman–Crippen MR) is 56.8 cm³/mol. The van der Waals surface area contributed by atoms with E-state index in [-0.39, 0.29) is 5.56 Å². The first-order valence-corrected chi connectivity index (χ1v) is 5.28. The van der Waals surface area contributed by atoms with Crippen LogP contribution >= 0.6 is 15.9 Å². The Hall–Kier alpha value is -0.620. The number of alkyl halides is 4. The molecule has 16 heavy (non-hydrogen) atoms. The van der Waals surface area contributed by atoms with Crippen molar-refractivity contribution in [3.8, 4) is 0 Å². The van der Waals surface area contributed by atoms with Gasteiger partial charge in [0.2, 0.25) is 5.67 Å². The molecule has 0 heterocycles. The molecule has 0 saturated heterocycles. The van der Waals surface area contributed by atoms with Crippen LogP contribution in [0.4, 0.5) is 17.6 Å². The maximum absolute atomic E-state index is 13.6. The highest BCUT2D eigenvalue weighted by Gasteiger charge is 2.54. The zero-order valence-corrected chi connectivity index (χ0v) is 9.78. The van der Waals surface area contributed by atoms with Gasteiger partial charge in [-0.2, -0.15) is 13.2 Å². The zero-order valence-electron chi connectivity index (χ0n) is 8.19. The Morgan fingerprint density at radius 3 is 1.94 bits per heavy atom. The van der Waals surface area contributed by atoms with Crippen molar-refractivity contribution in [2.75, 3.05) is 6.54 Å². The van der Waals surface area contributed by atoms with E-state index >= 15 is 0 Å². The fourth-order valence-corrected chi connectivity index (χ4v) is 1.48. The lowest BCUT2D eigenvalue weighted by Crippen LogP contribution is -2.49. The second kappa shape index (κ2) is 4.71. The minimum atomic E-state index is -4.95. The molecule has 0 bridgehead atoms. The summed E-state index contributed by atoms with van der Waals surface area (Å²) in [6.45, 7) is -1.08. The van der Waals surface area contributed by atoms with Crippen LogP contribution < -0.4 is 5.73 Å². The van der Waals surface area contributed by atoms with Crippen LogP contribution in [0.25, 0.3) is 0 Å². The smallest absolute Gasteiger partial charge is 0.327 e. The van der Waals surface area contributed by atoms with Gasteiger partial charge >= 0.3 is 6.18 Å². The molecule has 1 aromatic rings. The summed E-state index contributed by atoms with van der Waals surface area (Å²) in [5, 5.41) is 0. The lowest BCUT2D eigenvalue weighted by Gasteiger charge is -2.26. The van der Waals surface area contributed by atoms with Gasteiger partial charge in [0.05, 0.1) is 0 Å². The van der Waals surface area contributed by atoms with E-state index in [1.54, 1.807) is 12.1 Å². The summed E-state index contributed by atoms with van der Waals surface area (Å²) in [6.07, 6.45) is -5.71. The van der Waals surface area contributed by atoms with Gasteiger partial charge in [-0.3, -0.25) is 0 Å². The summed E-state index contributed by atoms with van der Waals surface area (Å²) >= 11 is 3.14. The van der Waals surface area contributed by atoms with E-state index in [4.69, 9.17) is 5.73 Å². The molecule has 1 rings (SSSR count). The Kier molecular flexibility index (Phi) is 3.96. The van der Waals surface area contributed by atoms with Crippen LogP contribution in [0, 0.1) is 0 Å². The van der Waals surface area contributed by atoms with Crippen molar-refractivity contribution in [1.29, 1.82) is 0 Å². The van der Waals surface area contributed by atoms with Gasteiger partial charge in [-0.25, -0.2) is 4.39 Å². The molecule has 1 unspecified atom stereocenters. The third kappa shape index (κ3) is 2.95. The molecule has 2 N–H and O–H groups in total. The summed E-state index contributed by atoms with van der Waals surface area (Å²) in [7, 11) is 0. The normalized spacial score (nSPS) is 15.9. The van der Waals surface area contributed by atoms with Crippen molar-refractivity contribution in [2.45, 2.75) is 18.3 Å². The van der Waals surface area contributed by atoms with Crippen molar-refractivity contribution >= 4 is 15.9 Å². The van der Waals surface area contributed by atoms with E-state index in [0.717, 1.165) is 4.47 Å². The topological polar surface area (TPSA) is 26.0 Å². The molecule has 0 aliphatic carbocycles. The van der Waals surface area contributed by atoms with Crippen molar-refractivity contribution in [2.24, 2.45) is 5.73 Å². The monoisotopic (exact) mass is 299 g/mol. The minimum Gasteiger partial charge on any atom is -0.327 e. The van der Waals surface area contributed by atoms with Crippen molar-refractivity contribution in [1.82, 2.24) is 0 Å². The molecular formula is C10H10BrF4N. The number of nitrogens with two attached hydrogens (primary N) is 1. The van der Waals surface area contributed by atoms with Gasteiger partial charge in [-0.15, -0.1) is 0 Å². The van der Waals surface area contributed by atoms with Crippen LogP contribution in [0.2, 0.25) is 0 Å². The van der Waals surface area contributed by atoms with Gasteiger partial charge in [0.25, 0.3) is 0 Å². The van der Waals surface area contributed by atoms with E-state index in [1.807, 2.05) is 0 Å². The highest BCUT2D eigenvalue weighted by atomic mass is 79.9. The standard InChI is InChI=1S/C10H10BrF4N/c11-8-3-1-7(2-4-8)5-9(12,6-16)10(13,14)15/h1-4H,5-6,16H2. The molecule has 1 nitrogen and oxygen atoms in total. The molecule has 1 atom stereocenters. The molecule has 6 heteroatoms. The third-order valence-electron chi connectivity index (χ3n) is 2.23. The van der Waals surface area contributed by atoms with E-state index in [9.17, 15) is 17.6 Å². The van der Waals surface area contributed by atoms with Gasteiger partial charge < -0.3 is 5.73 Å². The molecule has 90 valence electrons. The first kappa shape index (κ1) is 13.4. The highest BCUT2D eigenvalue weighted by Crippen LogP contribution is 2.36. The average molecular weight is 300 g/mol. The molecule has 0 aliphatic heterocycles. The number of hydrogen-bond donors (Lipinski definition) is 1. The maximum atomic E-state index is 13.6. The van der Waals surface area contributed by atoms with Crippen LogP contribution in [0.1, 0.15) is 5.56 Å². The quantitative estimate of drug-likeness (QED) is 0.852. The molecule has 1 aromatic carbocycles. The lowest BCUT2D eigenvalue weighted by molar-refractivity contribution is -0.226. The van der Waals surface area contributed by atoms with Gasteiger partial charge in [-0.05, 0) is 17.7 Å². The summed E-state index contributed by atoms with van der Waals surface area (Å²) < 4.78 is 51.5. The molecular weight excluding hydrogens is 290 g/mol. The first-order chi connectivity index (χ1) is 7.28. The summed E-state index contributed by atoms with van der Waals surface area (Å²) in [5.74, 6) is 0. The Labute approximate surface area is 98.8 Å². The van der Waals surface area contributed by atoms with E-state index < -0.39 is 24.8 Å². The third-order valence-corrected chi connectivity index (χ3v) is 2.76. The number of halogens is 5. The molecule has 0 amide bonds. The predicted octanol–water partition coefficient (Wildman–Crippen LogP) is 3.22. The van der Waals surface area contributed by atoms with Crippen molar-refractivity contribution in [3.63, 3.8) is 0 Å². The summed E-state index contributed by atoms with van der Waals surface area (Å²) in [5.41, 5.74) is 1.76. The molecule has 0 radical (unpaired) electrons. The lowest BCUT2D eigenvalue weighted by atomic mass is 9.96. The Balaban J connectivity index is 2.89. The fraction of sp³-hybridized carbons (Fsp3) is 0.400. The fourth-order valence-electron chi connectivity index (χ4n) is 1.21. The summed E-state index contributed by atoms with van der Waals surface area (Å²) in [4.78, 5) is 0.